The third-order valence-electron chi connectivity index (χ3n) is 3.23. The number of benzene rings is 2. The van der Waals surface area contributed by atoms with Crippen LogP contribution in [0.5, 0.6) is 0 Å². The van der Waals surface area contributed by atoms with Crippen LogP contribution in [0.3, 0.4) is 0 Å². The highest BCUT2D eigenvalue weighted by atomic mass is 16.6. The van der Waals surface area contributed by atoms with Gasteiger partial charge in [-0.1, -0.05) is 30.3 Å². The van der Waals surface area contributed by atoms with Gasteiger partial charge >= 0.3 is 0 Å². The van der Waals surface area contributed by atoms with E-state index in [1.54, 1.807) is 4.90 Å². The number of carbonyl (C=O) groups excluding carboxylic acids is 1. The minimum absolute atomic E-state index is 0.0371. The van der Waals surface area contributed by atoms with Crippen molar-refractivity contribution in [3.05, 3.63) is 75.8 Å². The summed E-state index contributed by atoms with van der Waals surface area (Å²) in [7, 11) is 0. The fourth-order valence-electron chi connectivity index (χ4n) is 2.12. The van der Waals surface area contributed by atoms with Gasteiger partial charge in [0.05, 0.1) is 4.92 Å². The first-order chi connectivity index (χ1) is 10.6. The molecule has 6 heteroatoms. The van der Waals surface area contributed by atoms with E-state index in [1.807, 2.05) is 30.3 Å². The number of nitrogens with two attached hydrogens (primary N) is 1. The van der Waals surface area contributed by atoms with Gasteiger partial charge in [-0.3, -0.25) is 14.9 Å². The summed E-state index contributed by atoms with van der Waals surface area (Å²) in [5.41, 5.74) is 6.96. The second-order valence-electron chi connectivity index (χ2n) is 4.80. The van der Waals surface area contributed by atoms with Crippen LogP contribution in [0.2, 0.25) is 0 Å². The molecule has 0 bridgehead atoms. The normalized spacial score (nSPS) is 10.2. The highest BCUT2D eigenvalue weighted by Gasteiger charge is 2.16. The molecular weight excluding hydrogens is 282 g/mol. The number of nitro benzene ring substituents is 1. The third-order valence-corrected chi connectivity index (χ3v) is 3.23. The summed E-state index contributed by atoms with van der Waals surface area (Å²) >= 11 is 0. The summed E-state index contributed by atoms with van der Waals surface area (Å²) < 4.78 is 0. The van der Waals surface area contributed by atoms with Gasteiger partial charge in [0.15, 0.2) is 0 Å². The monoisotopic (exact) mass is 299 g/mol. The lowest BCUT2D eigenvalue weighted by atomic mass is 10.1. The molecule has 1 amide bonds. The van der Waals surface area contributed by atoms with Gasteiger partial charge in [-0.05, 0) is 17.7 Å². The molecule has 2 N–H and O–H groups in total. The molecule has 22 heavy (non-hydrogen) atoms. The van der Waals surface area contributed by atoms with Crippen molar-refractivity contribution in [2.45, 2.75) is 6.54 Å². The fourth-order valence-corrected chi connectivity index (χ4v) is 2.12. The Morgan fingerprint density at radius 3 is 2.27 bits per heavy atom. The summed E-state index contributed by atoms with van der Waals surface area (Å²) in [5.74, 6) is -0.191. The quantitative estimate of drug-likeness (QED) is 0.654. The topological polar surface area (TPSA) is 89.5 Å². The lowest BCUT2D eigenvalue weighted by Crippen LogP contribution is -2.34. The van der Waals surface area contributed by atoms with Gasteiger partial charge in [-0.2, -0.15) is 0 Å². The Bertz CT molecular complexity index is 641. The molecule has 0 spiro atoms. The maximum Gasteiger partial charge on any atom is 0.269 e. The molecule has 114 valence electrons. The predicted molar refractivity (Wildman–Crippen MR) is 83.3 cm³/mol. The van der Waals surface area contributed by atoms with E-state index in [0.717, 1.165) is 5.56 Å². The Kier molecular flexibility index (Phi) is 5.21. The van der Waals surface area contributed by atoms with Crippen LogP contribution in [0.25, 0.3) is 0 Å². The summed E-state index contributed by atoms with van der Waals surface area (Å²) in [6, 6.07) is 15.2. The maximum absolute atomic E-state index is 12.5. The lowest BCUT2D eigenvalue weighted by Gasteiger charge is -2.22. The fraction of sp³-hybridized carbons (Fsp3) is 0.188. The predicted octanol–water partition coefficient (Wildman–Crippen LogP) is 2.20. The summed E-state index contributed by atoms with van der Waals surface area (Å²) in [6.45, 7) is 1.23. The Labute approximate surface area is 128 Å². The third kappa shape index (κ3) is 3.89. The van der Waals surface area contributed by atoms with Gasteiger partial charge in [-0.25, -0.2) is 0 Å². The highest BCUT2D eigenvalue weighted by molar-refractivity contribution is 5.94. The Balaban J connectivity index is 2.16. The van der Waals surface area contributed by atoms with Crippen LogP contribution < -0.4 is 5.73 Å². The van der Waals surface area contributed by atoms with Crippen LogP contribution in [0.15, 0.2) is 54.6 Å². The molecule has 6 nitrogen and oxygen atoms in total. The average Bonchev–Trinajstić information content (AvgIpc) is 2.55. The second kappa shape index (κ2) is 7.33. The number of hydrogen-bond donors (Lipinski definition) is 1. The summed E-state index contributed by atoms with van der Waals surface area (Å²) in [6.07, 6.45) is 0. The zero-order valence-corrected chi connectivity index (χ0v) is 12.0. The van der Waals surface area contributed by atoms with Crippen molar-refractivity contribution in [3.63, 3.8) is 0 Å². The molecular formula is C16H17N3O3. The van der Waals surface area contributed by atoms with Crippen LogP contribution in [0, 0.1) is 10.1 Å². The molecule has 0 aliphatic heterocycles. The molecule has 0 saturated carbocycles. The highest BCUT2D eigenvalue weighted by Crippen LogP contribution is 2.15. The standard InChI is InChI=1S/C16H17N3O3/c17-10-11-18(12-13-4-2-1-3-5-13)16(20)14-6-8-15(9-7-14)19(21)22/h1-9H,10-12,17H2. The van der Waals surface area contributed by atoms with Crippen molar-refractivity contribution in [2.75, 3.05) is 13.1 Å². The molecule has 0 aliphatic rings. The molecule has 0 aliphatic carbocycles. The Morgan fingerprint density at radius 1 is 1.09 bits per heavy atom. The number of nitrogens with zero attached hydrogens (tertiary/aromatic N) is 2. The first-order valence-electron chi connectivity index (χ1n) is 6.89. The van der Waals surface area contributed by atoms with E-state index in [9.17, 15) is 14.9 Å². The molecule has 2 aromatic rings. The van der Waals surface area contributed by atoms with E-state index in [1.165, 1.54) is 24.3 Å². The van der Waals surface area contributed by atoms with Crippen LogP contribution >= 0.6 is 0 Å². The van der Waals surface area contributed by atoms with E-state index in [2.05, 4.69) is 0 Å². The van der Waals surface area contributed by atoms with Gasteiger partial charge in [0, 0.05) is 37.3 Å². The first-order valence-corrected chi connectivity index (χ1v) is 6.89. The van der Waals surface area contributed by atoms with Crippen LogP contribution in [0.1, 0.15) is 15.9 Å². The van der Waals surface area contributed by atoms with E-state index >= 15 is 0 Å². The number of nitro groups is 1. The Hall–Kier alpha value is -2.73. The minimum Gasteiger partial charge on any atom is -0.333 e. The SMILES string of the molecule is NCCN(Cc1ccccc1)C(=O)c1ccc([N+](=O)[O-])cc1. The van der Waals surface area contributed by atoms with E-state index in [4.69, 9.17) is 5.73 Å². The van der Waals surface area contributed by atoms with E-state index in [-0.39, 0.29) is 11.6 Å². The smallest absolute Gasteiger partial charge is 0.269 e. The molecule has 2 rings (SSSR count). The molecule has 0 atom stereocenters. The molecule has 0 unspecified atom stereocenters. The number of rotatable bonds is 6. The maximum atomic E-state index is 12.5. The van der Waals surface area contributed by atoms with Crippen molar-refractivity contribution >= 4 is 11.6 Å². The number of hydrogen-bond acceptors (Lipinski definition) is 4. The van der Waals surface area contributed by atoms with Crippen molar-refractivity contribution in [1.82, 2.24) is 4.90 Å². The van der Waals surface area contributed by atoms with Gasteiger partial charge < -0.3 is 10.6 Å². The molecule has 0 heterocycles. The molecule has 0 fully saturated rings. The van der Waals surface area contributed by atoms with Gasteiger partial charge in [0.2, 0.25) is 0 Å². The van der Waals surface area contributed by atoms with Gasteiger partial charge in [0.1, 0.15) is 0 Å². The van der Waals surface area contributed by atoms with Crippen LogP contribution in [-0.4, -0.2) is 28.8 Å². The van der Waals surface area contributed by atoms with Crippen molar-refractivity contribution in [2.24, 2.45) is 5.73 Å². The van der Waals surface area contributed by atoms with E-state index < -0.39 is 4.92 Å². The van der Waals surface area contributed by atoms with E-state index in [0.29, 0.717) is 25.2 Å². The van der Waals surface area contributed by atoms with Crippen LogP contribution in [0.4, 0.5) is 5.69 Å². The van der Waals surface area contributed by atoms with Crippen molar-refractivity contribution < 1.29 is 9.72 Å². The Morgan fingerprint density at radius 2 is 1.73 bits per heavy atom. The zero-order valence-electron chi connectivity index (χ0n) is 12.0. The molecule has 0 aromatic heterocycles. The van der Waals surface area contributed by atoms with Crippen LogP contribution in [-0.2, 0) is 6.54 Å². The van der Waals surface area contributed by atoms with Gasteiger partial charge in [-0.15, -0.1) is 0 Å². The minimum atomic E-state index is -0.490. The molecule has 0 radical (unpaired) electrons. The summed E-state index contributed by atoms with van der Waals surface area (Å²) in [4.78, 5) is 24.3. The van der Waals surface area contributed by atoms with Crippen molar-refractivity contribution in [1.29, 1.82) is 0 Å². The second-order valence-corrected chi connectivity index (χ2v) is 4.80. The largest absolute Gasteiger partial charge is 0.333 e. The van der Waals surface area contributed by atoms with Gasteiger partial charge in [0.25, 0.3) is 11.6 Å². The average molecular weight is 299 g/mol. The number of carbonyl (C=O) groups is 1. The molecule has 2 aromatic carbocycles. The zero-order chi connectivity index (χ0) is 15.9. The van der Waals surface area contributed by atoms with Crippen molar-refractivity contribution in [3.8, 4) is 0 Å². The lowest BCUT2D eigenvalue weighted by molar-refractivity contribution is -0.384. The summed E-state index contributed by atoms with van der Waals surface area (Å²) in [5, 5.41) is 10.7. The number of amides is 1. The number of non-ortho nitro benzene ring substituents is 1. The molecule has 0 saturated heterocycles. The first kappa shape index (κ1) is 15.7.